The molecule has 2 aliphatic carbocycles. The van der Waals surface area contributed by atoms with Gasteiger partial charge in [-0.3, -0.25) is 14.5 Å². The minimum absolute atomic E-state index is 0.00901. The van der Waals surface area contributed by atoms with E-state index in [2.05, 4.69) is 15.5 Å². The van der Waals surface area contributed by atoms with Gasteiger partial charge in [-0.15, -0.1) is 0 Å². The summed E-state index contributed by atoms with van der Waals surface area (Å²) in [7, 11) is 0. The molecule has 2 amide bonds. The first kappa shape index (κ1) is 21.8. The van der Waals surface area contributed by atoms with Crippen LogP contribution in [-0.2, 0) is 9.59 Å². The highest BCUT2D eigenvalue weighted by Crippen LogP contribution is 2.27. The zero-order valence-electron chi connectivity index (χ0n) is 18.1. The number of benzene rings is 1. The van der Waals surface area contributed by atoms with E-state index in [-0.39, 0.29) is 11.8 Å². The molecule has 0 aromatic heterocycles. The van der Waals surface area contributed by atoms with E-state index in [1.54, 1.807) is 0 Å². The van der Waals surface area contributed by atoms with E-state index in [9.17, 15) is 9.59 Å². The molecule has 0 atom stereocenters. The van der Waals surface area contributed by atoms with Crippen LogP contribution in [-0.4, -0.2) is 41.9 Å². The molecule has 2 fully saturated rings. The normalized spacial score (nSPS) is 18.2. The number of para-hydroxylation sites is 1. The lowest BCUT2D eigenvalue weighted by molar-refractivity contribution is -0.123. The van der Waals surface area contributed by atoms with E-state index in [0.717, 1.165) is 42.5 Å². The fourth-order valence-corrected chi connectivity index (χ4v) is 4.35. The van der Waals surface area contributed by atoms with E-state index in [1.165, 1.54) is 32.1 Å². The lowest BCUT2D eigenvalue weighted by Gasteiger charge is -2.24. The third-order valence-electron chi connectivity index (χ3n) is 6.25. The van der Waals surface area contributed by atoms with Gasteiger partial charge < -0.3 is 10.6 Å². The Kier molecular flexibility index (Phi) is 8.10. The first-order chi connectivity index (χ1) is 14.0. The molecule has 0 spiro atoms. The van der Waals surface area contributed by atoms with Crippen molar-refractivity contribution in [2.75, 3.05) is 18.4 Å². The molecule has 1 aromatic carbocycles. The first-order valence-corrected chi connectivity index (χ1v) is 11.4. The largest absolute Gasteiger partial charge is 0.353 e. The van der Waals surface area contributed by atoms with Gasteiger partial charge in [-0.05, 0) is 50.7 Å². The molecule has 0 saturated heterocycles. The molecular weight excluding hydrogens is 362 g/mol. The average molecular weight is 400 g/mol. The van der Waals surface area contributed by atoms with Gasteiger partial charge in [0.25, 0.3) is 0 Å². The van der Waals surface area contributed by atoms with Gasteiger partial charge in [-0.1, -0.05) is 50.3 Å². The summed E-state index contributed by atoms with van der Waals surface area (Å²) < 4.78 is 0. The summed E-state index contributed by atoms with van der Waals surface area (Å²) in [6, 6.07) is 6.82. The van der Waals surface area contributed by atoms with E-state index in [0.29, 0.717) is 31.6 Å². The highest BCUT2D eigenvalue weighted by Gasteiger charge is 2.30. The Balaban J connectivity index is 1.46. The SMILES string of the molecule is Cc1cccc(C)c1NC(=O)CN(CCC(=O)NC1CCCCCCC1)C1CC1. The third kappa shape index (κ3) is 7.14. The number of amides is 2. The van der Waals surface area contributed by atoms with Crippen LogP contribution in [0.1, 0.15) is 75.3 Å². The lowest BCUT2D eigenvalue weighted by atomic mass is 9.96. The lowest BCUT2D eigenvalue weighted by Crippen LogP contribution is -2.40. The highest BCUT2D eigenvalue weighted by atomic mass is 16.2. The second-order valence-corrected chi connectivity index (χ2v) is 8.88. The van der Waals surface area contributed by atoms with E-state index in [4.69, 9.17) is 0 Å². The van der Waals surface area contributed by atoms with Gasteiger partial charge in [0.15, 0.2) is 0 Å². The van der Waals surface area contributed by atoms with Crippen LogP contribution in [0, 0.1) is 13.8 Å². The Morgan fingerprint density at radius 2 is 1.55 bits per heavy atom. The number of nitrogens with zero attached hydrogens (tertiary/aromatic N) is 1. The number of carbonyl (C=O) groups is 2. The smallest absolute Gasteiger partial charge is 0.238 e. The molecule has 5 nitrogen and oxygen atoms in total. The van der Waals surface area contributed by atoms with E-state index >= 15 is 0 Å². The van der Waals surface area contributed by atoms with Crippen molar-refractivity contribution in [3.8, 4) is 0 Å². The van der Waals surface area contributed by atoms with E-state index < -0.39 is 0 Å². The molecule has 0 aliphatic heterocycles. The Morgan fingerprint density at radius 1 is 0.931 bits per heavy atom. The molecule has 0 bridgehead atoms. The fourth-order valence-electron chi connectivity index (χ4n) is 4.35. The van der Waals surface area contributed by atoms with Crippen LogP contribution in [0.25, 0.3) is 0 Å². The molecule has 5 heteroatoms. The second kappa shape index (κ2) is 10.8. The summed E-state index contributed by atoms with van der Waals surface area (Å²) in [5, 5.41) is 6.32. The van der Waals surface area contributed by atoms with Crippen LogP contribution >= 0.6 is 0 Å². The van der Waals surface area contributed by atoms with Gasteiger partial charge in [0.2, 0.25) is 11.8 Å². The number of anilines is 1. The van der Waals surface area contributed by atoms with Crippen LogP contribution in [0.5, 0.6) is 0 Å². The number of rotatable bonds is 8. The summed E-state index contributed by atoms with van der Waals surface area (Å²) in [6.07, 6.45) is 11.3. The summed E-state index contributed by atoms with van der Waals surface area (Å²) in [4.78, 5) is 27.3. The molecule has 2 aliphatic rings. The Bertz CT molecular complexity index is 671. The van der Waals surface area contributed by atoms with Crippen LogP contribution in [0.3, 0.4) is 0 Å². The molecule has 29 heavy (non-hydrogen) atoms. The van der Waals surface area contributed by atoms with Crippen LogP contribution in [0.15, 0.2) is 18.2 Å². The fraction of sp³-hybridized carbons (Fsp3) is 0.667. The number of carbonyl (C=O) groups excluding carboxylic acids is 2. The Labute approximate surface area is 175 Å². The van der Waals surface area contributed by atoms with Gasteiger partial charge in [-0.25, -0.2) is 0 Å². The van der Waals surface area contributed by atoms with Crippen molar-refractivity contribution >= 4 is 17.5 Å². The standard InChI is InChI=1S/C24H37N3O2/c1-18-9-8-10-19(2)24(18)26-23(29)17-27(21-13-14-21)16-15-22(28)25-20-11-6-4-3-5-7-12-20/h8-10,20-21H,3-7,11-17H2,1-2H3,(H,25,28)(H,26,29). The van der Waals surface area contributed by atoms with Crippen molar-refractivity contribution in [3.05, 3.63) is 29.3 Å². The maximum atomic E-state index is 12.6. The zero-order chi connectivity index (χ0) is 20.6. The third-order valence-corrected chi connectivity index (χ3v) is 6.25. The van der Waals surface area contributed by atoms with Crippen molar-refractivity contribution < 1.29 is 9.59 Å². The van der Waals surface area contributed by atoms with Crippen molar-refractivity contribution in [1.29, 1.82) is 0 Å². The summed E-state index contributed by atoms with van der Waals surface area (Å²) >= 11 is 0. The molecule has 3 rings (SSSR count). The minimum Gasteiger partial charge on any atom is -0.353 e. The first-order valence-electron chi connectivity index (χ1n) is 11.4. The number of aryl methyl sites for hydroxylation is 2. The topological polar surface area (TPSA) is 61.4 Å². The molecular formula is C24H37N3O2. The molecule has 2 saturated carbocycles. The van der Waals surface area contributed by atoms with E-state index in [1.807, 2.05) is 32.0 Å². The monoisotopic (exact) mass is 399 g/mol. The summed E-state index contributed by atoms with van der Waals surface area (Å²) in [5.74, 6) is 0.145. The van der Waals surface area contributed by atoms with Crippen LogP contribution < -0.4 is 10.6 Å². The molecule has 160 valence electrons. The number of hydrogen-bond acceptors (Lipinski definition) is 3. The van der Waals surface area contributed by atoms with Gasteiger partial charge in [0.05, 0.1) is 6.54 Å². The quantitative estimate of drug-likeness (QED) is 0.684. The molecule has 1 aromatic rings. The van der Waals surface area contributed by atoms with Gasteiger partial charge in [0.1, 0.15) is 0 Å². The van der Waals surface area contributed by atoms with Gasteiger partial charge >= 0.3 is 0 Å². The van der Waals surface area contributed by atoms with Gasteiger partial charge in [-0.2, -0.15) is 0 Å². The predicted molar refractivity (Wildman–Crippen MR) is 118 cm³/mol. The molecule has 2 N–H and O–H groups in total. The Morgan fingerprint density at radius 3 is 2.17 bits per heavy atom. The molecule has 0 radical (unpaired) electrons. The van der Waals surface area contributed by atoms with Crippen molar-refractivity contribution in [3.63, 3.8) is 0 Å². The minimum atomic E-state index is 0.00901. The highest BCUT2D eigenvalue weighted by molar-refractivity contribution is 5.93. The summed E-state index contributed by atoms with van der Waals surface area (Å²) in [5.41, 5.74) is 3.07. The maximum Gasteiger partial charge on any atom is 0.238 e. The number of nitrogens with one attached hydrogen (secondary N) is 2. The predicted octanol–water partition coefficient (Wildman–Crippen LogP) is 4.33. The van der Waals surface area contributed by atoms with Crippen molar-refractivity contribution in [1.82, 2.24) is 10.2 Å². The average Bonchev–Trinajstić information content (AvgIpc) is 3.49. The van der Waals surface area contributed by atoms with Crippen LogP contribution in [0.2, 0.25) is 0 Å². The zero-order valence-corrected chi connectivity index (χ0v) is 18.1. The Hall–Kier alpha value is -1.88. The van der Waals surface area contributed by atoms with Crippen LogP contribution in [0.4, 0.5) is 5.69 Å². The summed E-state index contributed by atoms with van der Waals surface area (Å²) in [6.45, 7) is 5.04. The second-order valence-electron chi connectivity index (χ2n) is 8.88. The van der Waals surface area contributed by atoms with Crippen molar-refractivity contribution in [2.45, 2.75) is 90.1 Å². The van der Waals surface area contributed by atoms with Gasteiger partial charge in [0, 0.05) is 30.7 Å². The molecule has 0 unspecified atom stereocenters. The van der Waals surface area contributed by atoms with Crippen molar-refractivity contribution in [2.24, 2.45) is 0 Å². The maximum absolute atomic E-state index is 12.6. The molecule has 0 heterocycles. The number of hydrogen-bond donors (Lipinski definition) is 2.